The van der Waals surface area contributed by atoms with Gasteiger partial charge in [-0.25, -0.2) is 0 Å². The molecule has 0 fully saturated rings. The Kier molecular flexibility index (Phi) is 4.91. The summed E-state index contributed by atoms with van der Waals surface area (Å²) < 4.78 is 5.86. The van der Waals surface area contributed by atoms with Gasteiger partial charge in [-0.2, -0.15) is 0 Å². The minimum Gasteiger partial charge on any atom is -0.489 e. The van der Waals surface area contributed by atoms with Crippen LogP contribution in [0.2, 0.25) is 5.02 Å². The average Bonchev–Trinajstić information content (AvgIpc) is 2.73. The van der Waals surface area contributed by atoms with Crippen molar-refractivity contribution >= 4 is 28.7 Å². The zero-order valence-corrected chi connectivity index (χ0v) is 15.3. The van der Waals surface area contributed by atoms with Gasteiger partial charge in [0.05, 0.1) is 0 Å². The summed E-state index contributed by atoms with van der Waals surface area (Å²) >= 11 is 6.51. The third-order valence-electron chi connectivity index (χ3n) is 4.55. The quantitative estimate of drug-likeness (QED) is 0.371. The summed E-state index contributed by atoms with van der Waals surface area (Å²) in [6.07, 6.45) is 0.846. The molecule has 0 atom stereocenters. The number of carbonyl (C=O) groups is 1. The van der Waals surface area contributed by atoms with E-state index in [9.17, 15) is 4.79 Å². The second-order valence-electron chi connectivity index (χ2n) is 6.28. The molecule has 0 amide bonds. The first-order valence-electron chi connectivity index (χ1n) is 8.70. The van der Waals surface area contributed by atoms with E-state index in [0.717, 1.165) is 39.5 Å². The molecule has 0 spiro atoms. The molecule has 0 heterocycles. The summed E-state index contributed by atoms with van der Waals surface area (Å²) in [6.45, 7) is 0.526. The number of carbonyl (C=O) groups excluding carboxylic acids is 1. The fourth-order valence-corrected chi connectivity index (χ4v) is 3.55. The largest absolute Gasteiger partial charge is 0.489 e. The van der Waals surface area contributed by atoms with Crippen LogP contribution in [0, 0.1) is 0 Å². The molecule has 0 aromatic heterocycles. The smallest absolute Gasteiger partial charge is 0.150 e. The summed E-state index contributed by atoms with van der Waals surface area (Å²) in [5.74, 6) is 0.799. The summed E-state index contributed by atoms with van der Waals surface area (Å²) in [7, 11) is 0. The molecular formula is C24H17ClO2. The molecule has 4 aromatic carbocycles. The Balaban J connectivity index is 1.66. The number of fused-ring (bicyclic) bond motifs is 1. The predicted octanol–water partition coefficient (Wildman–Crippen LogP) is 6.55. The van der Waals surface area contributed by atoms with Gasteiger partial charge in [-0.15, -0.1) is 0 Å². The normalized spacial score (nSPS) is 10.7. The number of halogens is 1. The first kappa shape index (κ1) is 17.3. The maximum absolute atomic E-state index is 11.4. The Morgan fingerprint density at radius 2 is 1.48 bits per heavy atom. The zero-order valence-electron chi connectivity index (χ0n) is 14.6. The van der Waals surface area contributed by atoms with Gasteiger partial charge in [0.25, 0.3) is 0 Å². The van der Waals surface area contributed by atoms with Crippen LogP contribution in [0.1, 0.15) is 15.9 Å². The van der Waals surface area contributed by atoms with E-state index < -0.39 is 0 Å². The van der Waals surface area contributed by atoms with E-state index in [1.807, 2.05) is 78.9 Å². The van der Waals surface area contributed by atoms with Crippen LogP contribution in [-0.2, 0) is 6.61 Å². The molecule has 0 bridgehead atoms. The molecule has 2 nitrogen and oxygen atoms in total. The summed E-state index contributed by atoms with van der Waals surface area (Å²) in [5, 5.41) is 2.43. The molecular weight excluding hydrogens is 356 g/mol. The fraction of sp³-hybridized carbons (Fsp3) is 0.0417. The van der Waals surface area contributed by atoms with Crippen molar-refractivity contribution in [3.63, 3.8) is 0 Å². The maximum atomic E-state index is 11.4. The van der Waals surface area contributed by atoms with E-state index in [4.69, 9.17) is 16.3 Å². The van der Waals surface area contributed by atoms with E-state index >= 15 is 0 Å². The van der Waals surface area contributed by atoms with Crippen LogP contribution in [-0.4, -0.2) is 6.29 Å². The number of hydrogen-bond donors (Lipinski definition) is 0. The second kappa shape index (κ2) is 7.65. The number of benzene rings is 4. The van der Waals surface area contributed by atoms with Crippen molar-refractivity contribution in [3.8, 4) is 16.9 Å². The Morgan fingerprint density at radius 3 is 2.19 bits per heavy atom. The highest BCUT2D eigenvalue weighted by molar-refractivity contribution is 6.35. The van der Waals surface area contributed by atoms with Crippen molar-refractivity contribution in [1.82, 2.24) is 0 Å². The van der Waals surface area contributed by atoms with Crippen LogP contribution in [0.4, 0.5) is 0 Å². The highest BCUT2D eigenvalue weighted by atomic mass is 35.5. The molecule has 0 aliphatic heterocycles. The van der Waals surface area contributed by atoms with Crippen LogP contribution >= 0.6 is 11.6 Å². The van der Waals surface area contributed by atoms with Crippen molar-refractivity contribution in [2.24, 2.45) is 0 Å². The molecule has 27 heavy (non-hydrogen) atoms. The Morgan fingerprint density at radius 1 is 0.815 bits per heavy atom. The monoisotopic (exact) mass is 372 g/mol. The highest BCUT2D eigenvalue weighted by Crippen LogP contribution is 2.37. The molecule has 0 aliphatic carbocycles. The molecule has 4 aromatic rings. The van der Waals surface area contributed by atoms with Gasteiger partial charge in [0.2, 0.25) is 0 Å². The number of aldehydes is 1. The van der Waals surface area contributed by atoms with Crippen LogP contribution in [0.25, 0.3) is 21.9 Å². The standard InChI is InChI=1S/C24H17ClO2/c25-23-14-19(15-26)21-8-4-5-9-22(21)24(23)18-10-12-20(13-11-18)27-16-17-6-2-1-3-7-17/h1-15H,16H2. The maximum Gasteiger partial charge on any atom is 0.150 e. The Hall–Kier alpha value is -3.10. The van der Waals surface area contributed by atoms with E-state index in [1.165, 1.54) is 0 Å². The zero-order chi connectivity index (χ0) is 18.6. The molecule has 4 rings (SSSR count). The lowest BCUT2D eigenvalue weighted by Crippen LogP contribution is -1.95. The van der Waals surface area contributed by atoms with Gasteiger partial charge in [0.1, 0.15) is 12.4 Å². The predicted molar refractivity (Wildman–Crippen MR) is 111 cm³/mol. The van der Waals surface area contributed by atoms with Gasteiger partial charge < -0.3 is 4.74 Å². The van der Waals surface area contributed by atoms with E-state index in [0.29, 0.717) is 17.2 Å². The van der Waals surface area contributed by atoms with E-state index in [1.54, 1.807) is 6.07 Å². The van der Waals surface area contributed by atoms with Crippen molar-refractivity contribution in [2.45, 2.75) is 6.61 Å². The van der Waals surface area contributed by atoms with Crippen LogP contribution < -0.4 is 4.74 Å². The first-order chi connectivity index (χ1) is 13.3. The highest BCUT2D eigenvalue weighted by Gasteiger charge is 2.12. The lowest BCUT2D eigenvalue weighted by atomic mass is 9.95. The summed E-state index contributed by atoms with van der Waals surface area (Å²) in [6, 6.07) is 27.5. The average molecular weight is 373 g/mol. The molecule has 132 valence electrons. The van der Waals surface area contributed by atoms with Gasteiger partial charge in [0, 0.05) is 16.1 Å². The number of ether oxygens (including phenoxy) is 1. The molecule has 0 saturated heterocycles. The third kappa shape index (κ3) is 3.57. The lowest BCUT2D eigenvalue weighted by molar-refractivity contribution is 0.112. The van der Waals surface area contributed by atoms with E-state index in [-0.39, 0.29) is 0 Å². The van der Waals surface area contributed by atoms with Crippen molar-refractivity contribution in [1.29, 1.82) is 0 Å². The van der Waals surface area contributed by atoms with Gasteiger partial charge in [-0.3, -0.25) is 4.79 Å². The molecule has 0 saturated carbocycles. The fourth-order valence-electron chi connectivity index (χ4n) is 3.22. The number of hydrogen-bond acceptors (Lipinski definition) is 2. The number of rotatable bonds is 5. The van der Waals surface area contributed by atoms with E-state index in [2.05, 4.69) is 0 Å². The molecule has 0 aliphatic rings. The van der Waals surface area contributed by atoms with Gasteiger partial charge in [-0.1, -0.05) is 78.3 Å². The SMILES string of the molecule is O=Cc1cc(Cl)c(-c2ccc(OCc3ccccc3)cc2)c2ccccc12. The second-order valence-corrected chi connectivity index (χ2v) is 6.69. The minimum atomic E-state index is 0.526. The molecule has 0 unspecified atom stereocenters. The van der Waals surface area contributed by atoms with Gasteiger partial charge >= 0.3 is 0 Å². The molecule has 0 radical (unpaired) electrons. The lowest BCUT2D eigenvalue weighted by Gasteiger charge is -2.12. The van der Waals surface area contributed by atoms with Gasteiger partial charge in [0.15, 0.2) is 6.29 Å². The summed E-state index contributed by atoms with van der Waals surface area (Å²) in [5.41, 5.74) is 3.63. The van der Waals surface area contributed by atoms with Crippen molar-refractivity contribution in [2.75, 3.05) is 0 Å². The molecule has 0 N–H and O–H groups in total. The van der Waals surface area contributed by atoms with Crippen molar-refractivity contribution in [3.05, 3.63) is 101 Å². The minimum absolute atomic E-state index is 0.526. The first-order valence-corrected chi connectivity index (χ1v) is 9.07. The topological polar surface area (TPSA) is 26.3 Å². The van der Waals surface area contributed by atoms with Crippen LogP contribution in [0.5, 0.6) is 5.75 Å². The van der Waals surface area contributed by atoms with Crippen LogP contribution in [0.15, 0.2) is 84.9 Å². The van der Waals surface area contributed by atoms with Gasteiger partial charge in [-0.05, 0) is 40.1 Å². The van der Waals surface area contributed by atoms with Crippen LogP contribution in [0.3, 0.4) is 0 Å². The molecule has 3 heteroatoms. The Labute approximate surface area is 163 Å². The third-order valence-corrected chi connectivity index (χ3v) is 4.84. The Bertz CT molecular complexity index is 1090. The van der Waals surface area contributed by atoms with Crippen molar-refractivity contribution < 1.29 is 9.53 Å². The summed E-state index contributed by atoms with van der Waals surface area (Å²) in [4.78, 5) is 11.4.